The number of carbonyl (C=O) groups excluding carboxylic acids is 2. The third-order valence-electron chi connectivity index (χ3n) is 3.49. The topological polar surface area (TPSA) is 55.4 Å². The van der Waals surface area contributed by atoms with Gasteiger partial charge < -0.3 is 10.1 Å². The van der Waals surface area contributed by atoms with Gasteiger partial charge in [0.15, 0.2) is 6.61 Å². The van der Waals surface area contributed by atoms with Gasteiger partial charge in [-0.05, 0) is 35.9 Å². The molecule has 0 saturated heterocycles. The summed E-state index contributed by atoms with van der Waals surface area (Å²) in [5, 5.41) is 2.65. The van der Waals surface area contributed by atoms with E-state index in [4.69, 9.17) is 4.74 Å². The van der Waals surface area contributed by atoms with E-state index in [9.17, 15) is 22.8 Å². The van der Waals surface area contributed by atoms with E-state index in [1.807, 2.05) is 12.1 Å². The maximum atomic E-state index is 12.7. The Kier molecular flexibility index (Phi) is 8.09. The second kappa shape index (κ2) is 10.5. The third kappa shape index (κ3) is 7.50. The maximum Gasteiger partial charge on any atom is 0.416 e. The minimum atomic E-state index is -4.47. The summed E-state index contributed by atoms with van der Waals surface area (Å²) in [4.78, 5) is 24.6. The van der Waals surface area contributed by atoms with Crippen molar-refractivity contribution in [3.63, 3.8) is 0 Å². The van der Waals surface area contributed by atoms with Crippen molar-refractivity contribution in [1.82, 2.24) is 0 Å². The number of nitrogens with one attached hydrogen (secondary N) is 1. The zero-order valence-electron chi connectivity index (χ0n) is 15.2. The molecule has 29 heavy (non-hydrogen) atoms. The predicted octanol–water partition coefficient (Wildman–Crippen LogP) is 5.18. The van der Waals surface area contributed by atoms with Gasteiger partial charge >= 0.3 is 12.1 Å². The summed E-state index contributed by atoms with van der Waals surface area (Å²) in [6.45, 7) is 3.12. The summed E-state index contributed by atoms with van der Waals surface area (Å²) in [6.07, 6.45) is -0.572. The largest absolute Gasteiger partial charge is 0.452 e. The van der Waals surface area contributed by atoms with Crippen LogP contribution in [0.3, 0.4) is 0 Å². The van der Waals surface area contributed by atoms with Gasteiger partial charge in [0, 0.05) is 16.7 Å². The molecule has 0 fully saturated rings. The second-order valence-electron chi connectivity index (χ2n) is 5.71. The summed E-state index contributed by atoms with van der Waals surface area (Å²) in [5.74, 6) is -0.702. The Hall–Kier alpha value is -3.00. The molecular weight excluding hydrogens is 403 g/mol. The zero-order chi connectivity index (χ0) is 21.3. The number of rotatable bonds is 8. The van der Waals surface area contributed by atoms with Crippen molar-refractivity contribution in [3.8, 4) is 0 Å². The average molecular weight is 421 g/mol. The predicted molar refractivity (Wildman–Crippen MR) is 107 cm³/mol. The molecule has 0 spiro atoms. The van der Waals surface area contributed by atoms with Crippen LogP contribution in [0.5, 0.6) is 0 Å². The highest BCUT2D eigenvalue weighted by Gasteiger charge is 2.30. The third-order valence-corrected chi connectivity index (χ3v) is 4.56. The van der Waals surface area contributed by atoms with Crippen molar-refractivity contribution < 1.29 is 27.5 Å². The Labute approximate surface area is 170 Å². The molecule has 2 rings (SSSR count). The van der Waals surface area contributed by atoms with Gasteiger partial charge in [0.2, 0.25) is 0 Å². The van der Waals surface area contributed by atoms with E-state index >= 15 is 0 Å². The molecule has 0 aliphatic heterocycles. The SMILES string of the molecule is C=CCSc1ccccc1NC(=O)COC(=O)/C=C/c1cccc(C(F)(F)F)c1. The van der Waals surface area contributed by atoms with E-state index in [0.29, 0.717) is 11.4 Å². The Morgan fingerprint density at radius 2 is 1.90 bits per heavy atom. The summed E-state index contributed by atoms with van der Waals surface area (Å²) in [7, 11) is 0. The Bertz CT molecular complexity index is 910. The molecule has 2 aromatic carbocycles. The van der Waals surface area contributed by atoms with Crippen LogP contribution in [0, 0.1) is 0 Å². The molecule has 152 valence electrons. The van der Waals surface area contributed by atoms with E-state index in [-0.39, 0.29) is 5.56 Å². The molecule has 0 atom stereocenters. The smallest absolute Gasteiger partial charge is 0.416 e. The number of anilines is 1. The van der Waals surface area contributed by atoms with Gasteiger partial charge in [0.25, 0.3) is 5.91 Å². The molecular formula is C21H18F3NO3S. The molecule has 0 saturated carbocycles. The first-order valence-electron chi connectivity index (χ1n) is 8.44. The normalized spacial score (nSPS) is 11.3. The highest BCUT2D eigenvalue weighted by Crippen LogP contribution is 2.30. The van der Waals surface area contributed by atoms with Crippen molar-refractivity contribution in [2.45, 2.75) is 11.1 Å². The lowest BCUT2D eigenvalue weighted by atomic mass is 10.1. The number of ether oxygens (including phenoxy) is 1. The fourth-order valence-electron chi connectivity index (χ4n) is 2.20. The molecule has 0 aliphatic rings. The zero-order valence-corrected chi connectivity index (χ0v) is 16.1. The number of esters is 1. The molecule has 4 nitrogen and oxygen atoms in total. The van der Waals surface area contributed by atoms with Gasteiger partial charge in [-0.25, -0.2) is 4.79 Å². The molecule has 0 bridgehead atoms. The van der Waals surface area contributed by atoms with Gasteiger partial charge in [-0.2, -0.15) is 13.2 Å². The number of hydrogen-bond donors (Lipinski definition) is 1. The molecule has 1 amide bonds. The van der Waals surface area contributed by atoms with Crippen LogP contribution < -0.4 is 5.32 Å². The van der Waals surface area contributed by atoms with Crippen LogP contribution in [0.4, 0.5) is 18.9 Å². The maximum absolute atomic E-state index is 12.7. The van der Waals surface area contributed by atoms with Crippen molar-refractivity contribution in [2.75, 3.05) is 17.7 Å². The van der Waals surface area contributed by atoms with Crippen molar-refractivity contribution in [1.29, 1.82) is 0 Å². The number of alkyl halides is 3. The lowest BCUT2D eigenvalue weighted by Gasteiger charge is -2.10. The van der Waals surface area contributed by atoms with Crippen LogP contribution in [0.2, 0.25) is 0 Å². The first kappa shape index (κ1) is 22.3. The van der Waals surface area contributed by atoms with Gasteiger partial charge in [-0.15, -0.1) is 18.3 Å². The highest BCUT2D eigenvalue weighted by molar-refractivity contribution is 7.99. The fourth-order valence-corrected chi connectivity index (χ4v) is 2.95. The van der Waals surface area contributed by atoms with Crippen LogP contribution in [0.15, 0.2) is 72.2 Å². The van der Waals surface area contributed by atoms with Gasteiger partial charge in [-0.1, -0.05) is 30.3 Å². The van der Waals surface area contributed by atoms with Crippen molar-refractivity contribution >= 4 is 35.4 Å². The minimum Gasteiger partial charge on any atom is -0.452 e. The number of amides is 1. The fraction of sp³-hybridized carbons (Fsp3) is 0.143. The second-order valence-corrected chi connectivity index (χ2v) is 6.77. The summed E-state index contributed by atoms with van der Waals surface area (Å²) in [5.41, 5.74) is -0.0466. The number of benzene rings is 2. The van der Waals surface area contributed by atoms with E-state index < -0.39 is 30.2 Å². The lowest BCUT2D eigenvalue weighted by molar-refractivity contribution is -0.142. The monoisotopic (exact) mass is 421 g/mol. The molecule has 0 aromatic heterocycles. The lowest BCUT2D eigenvalue weighted by Crippen LogP contribution is -2.20. The molecule has 0 heterocycles. The summed E-state index contributed by atoms with van der Waals surface area (Å²) in [6, 6.07) is 11.7. The van der Waals surface area contributed by atoms with E-state index in [0.717, 1.165) is 23.1 Å². The van der Waals surface area contributed by atoms with Gasteiger partial charge in [0.1, 0.15) is 0 Å². The number of thioether (sulfide) groups is 1. The van der Waals surface area contributed by atoms with Crippen LogP contribution >= 0.6 is 11.8 Å². The number of halogens is 3. The first-order chi connectivity index (χ1) is 13.8. The quantitative estimate of drug-likeness (QED) is 0.276. The molecule has 2 aromatic rings. The summed E-state index contributed by atoms with van der Waals surface area (Å²) < 4.78 is 42.9. The van der Waals surface area contributed by atoms with Crippen LogP contribution in [-0.4, -0.2) is 24.2 Å². The molecule has 8 heteroatoms. The van der Waals surface area contributed by atoms with Crippen LogP contribution in [0.25, 0.3) is 6.08 Å². The molecule has 0 unspecified atom stereocenters. The van der Waals surface area contributed by atoms with E-state index in [1.165, 1.54) is 30.0 Å². The van der Waals surface area contributed by atoms with Gasteiger partial charge in [0.05, 0.1) is 11.3 Å². The number of para-hydroxylation sites is 1. The Morgan fingerprint density at radius 3 is 2.62 bits per heavy atom. The van der Waals surface area contributed by atoms with E-state index in [2.05, 4.69) is 11.9 Å². The van der Waals surface area contributed by atoms with Crippen molar-refractivity contribution in [2.24, 2.45) is 0 Å². The molecule has 1 N–H and O–H groups in total. The van der Waals surface area contributed by atoms with Crippen molar-refractivity contribution in [3.05, 3.63) is 78.4 Å². The van der Waals surface area contributed by atoms with Crippen LogP contribution in [-0.2, 0) is 20.5 Å². The first-order valence-corrected chi connectivity index (χ1v) is 9.43. The molecule has 0 radical (unpaired) electrons. The van der Waals surface area contributed by atoms with Crippen LogP contribution in [0.1, 0.15) is 11.1 Å². The average Bonchev–Trinajstić information content (AvgIpc) is 2.69. The number of hydrogen-bond acceptors (Lipinski definition) is 4. The van der Waals surface area contributed by atoms with E-state index in [1.54, 1.807) is 18.2 Å². The van der Waals surface area contributed by atoms with Gasteiger partial charge in [-0.3, -0.25) is 4.79 Å². The molecule has 0 aliphatic carbocycles. The minimum absolute atomic E-state index is 0.189. The highest BCUT2D eigenvalue weighted by atomic mass is 32.2. The Balaban J connectivity index is 1.89. The summed E-state index contributed by atoms with van der Waals surface area (Å²) >= 11 is 1.49. The standard InChI is InChI=1S/C21H18F3NO3S/c1-2-12-29-18-9-4-3-8-17(18)25-19(26)14-28-20(27)11-10-15-6-5-7-16(13-15)21(22,23)24/h2-11,13H,1,12,14H2,(H,25,26)/b11-10+. The Morgan fingerprint density at radius 1 is 1.14 bits per heavy atom. The number of carbonyl (C=O) groups is 2.